The van der Waals surface area contributed by atoms with E-state index in [0.717, 1.165) is 12.6 Å². The van der Waals surface area contributed by atoms with Gasteiger partial charge in [0.1, 0.15) is 23.7 Å². The van der Waals surface area contributed by atoms with E-state index < -0.39 is 23.5 Å². The molecule has 31 heavy (non-hydrogen) atoms. The number of nitrogens with zero attached hydrogens (tertiary/aromatic N) is 5. The van der Waals surface area contributed by atoms with Crippen LogP contribution in [0.2, 0.25) is 0 Å². The first-order valence-corrected chi connectivity index (χ1v) is 10.00. The minimum atomic E-state index is -1.16. The van der Waals surface area contributed by atoms with Crippen molar-refractivity contribution in [1.82, 2.24) is 25.0 Å². The highest BCUT2D eigenvalue weighted by atomic mass is 19.1. The summed E-state index contributed by atoms with van der Waals surface area (Å²) >= 11 is 0. The zero-order valence-corrected chi connectivity index (χ0v) is 17.0. The van der Waals surface area contributed by atoms with Gasteiger partial charge in [0.15, 0.2) is 5.82 Å². The third-order valence-electron chi connectivity index (χ3n) is 6.15. The Morgan fingerprint density at radius 2 is 2.03 bits per heavy atom. The van der Waals surface area contributed by atoms with Crippen LogP contribution in [0.4, 0.5) is 8.78 Å². The molecule has 4 atom stereocenters. The summed E-state index contributed by atoms with van der Waals surface area (Å²) in [5, 5.41) is 22.3. The Hall–Kier alpha value is -3.36. The summed E-state index contributed by atoms with van der Waals surface area (Å²) in [5.74, 6) is -0.563. The number of phenols is 1. The Kier molecular flexibility index (Phi) is 4.32. The number of halogens is 2. The van der Waals surface area contributed by atoms with E-state index in [1.807, 2.05) is 13.0 Å². The molecule has 0 amide bonds. The smallest absolute Gasteiger partial charge is 0.336 e. The van der Waals surface area contributed by atoms with E-state index in [1.165, 1.54) is 23.1 Å². The Morgan fingerprint density at radius 3 is 2.71 bits per heavy atom. The molecule has 9 heteroatoms. The predicted molar refractivity (Wildman–Crippen MR) is 108 cm³/mol. The Morgan fingerprint density at radius 1 is 1.19 bits per heavy atom. The number of ether oxygens (including phenoxy) is 1. The molecule has 1 saturated carbocycles. The highest BCUT2D eigenvalue weighted by molar-refractivity contribution is 5.67. The number of hydrogen-bond acceptors (Lipinski definition) is 6. The lowest BCUT2D eigenvalue weighted by atomic mass is 9.67. The van der Waals surface area contributed by atoms with Gasteiger partial charge >= 0.3 is 6.01 Å². The number of benzene rings is 1. The molecular weight excluding hydrogens is 404 g/mol. The Balaban J connectivity index is 1.34. The fraction of sp³-hybridized carbons (Fsp3) is 0.364. The van der Waals surface area contributed by atoms with E-state index in [0.29, 0.717) is 23.4 Å². The molecule has 5 rings (SSSR count). The van der Waals surface area contributed by atoms with Crippen LogP contribution in [-0.2, 0) is 0 Å². The first kappa shape index (κ1) is 19.6. The van der Waals surface area contributed by atoms with E-state index in [4.69, 9.17) is 4.74 Å². The minimum absolute atomic E-state index is 0.00646. The molecule has 2 aromatic heterocycles. The molecule has 0 radical (unpaired) electrons. The van der Waals surface area contributed by atoms with E-state index in [9.17, 15) is 9.50 Å². The van der Waals surface area contributed by atoms with Gasteiger partial charge in [-0.25, -0.2) is 18.4 Å². The van der Waals surface area contributed by atoms with Crippen molar-refractivity contribution in [3.8, 4) is 28.7 Å². The van der Waals surface area contributed by atoms with Gasteiger partial charge in [-0.1, -0.05) is 31.1 Å². The van der Waals surface area contributed by atoms with Crippen molar-refractivity contribution in [3.05, 3.63) is 54.8 Å². The van der Waals surface area contributed by atoms with Crippen molar-refractivity contribution in [3.63, 3.8) is 0 Å². The third kappa shape index (κ3) is 3.43. The third-order valence-corrected chi connectivity index (χ3v) is 6.15. The average molecular weight is 425 g/mol. The van der Waals surface area contributed by atoms with Gasteiger partial charge in [0, 0.05) is 17.0 Å². The fourth-order valence-electron chi connectivity index (χ4n) is 4.70. The van der Waals surface area contributed by atoms with Gasteiger partial charge in [0.2, 0.25) is 0 Å². The summed E-state index contributed by atoms with van der Waals surface area (Å²) in [6, 6.07) is 4.70. The first-order chi connectivity index (χ1) is 14.7. The minimum Gasteiger partial charge on any atom is -0.507 e. The summed E-state index contributed by atoms with van der Waals surface area (Å²) in [4.78, 5) is 4.16. The lowest BCUT2D eigenvalue weighted by Gasteiger charge is -2.42. The van der Waals surface area contributed by atoms with Gasteiger partial charge in [0.25, 0.3) is 0 Å². The number of aromatic hydroxyl groups is 1. The first-order valence-electron chi connectivity index (χ1n) is 10.00. The Labute approximate surface area is 177 Å². The second kappa shape index (κ2) is 6.83. The number of rotatable bonds is 4. The number of hydrogen-bond donors (Lipinski definition) is 1. The molecule has 0 aliphatic heterocycles. The molecular formula is C22H21F2N5O2. The molecule has 160 valence electrons. The van der Waals surface area contributed by atoms with Crippen LogP contribution in [0.1, 0.15) is 26.7 Å². The van der Waals surface area contributed by atoms with Crippen LogP contribution in [0.5, 0.6) is 11.8 Å². The van der Waals surface area contributed by atoms with E-state index >= 15 is 4.39 Å². The van der Waals surface area contributed by atoms with Crippen LogP contribution in [-0.4, -0.2) is 42.3 Å². The fourth-order valence-corrected chi connectivity index (χ4v) is 4.70. The topological polar surface area (TPSA) is 86.0 Å². The standard InChI is InChI=1S/C22H21F2N5O2/c1-21-5-6-22(2,12-21)19(24)18(8-21)31-20-25-10-16(27-28-20)15-4-3-14(7-17(15)30)29-11-13(23)9-26-29/h3-7,9-11,18-19,30H,8,12H2,1-2H3/t18-,19-,21-,22-/m0/s1. The van der Waals surface area contributed by atoms with Crippen molar-refractivity contribution in [2.75, 3.05) is 0 Å². The second-order valence-corrected chi connectivity index (χ2v) is 8.86. The number of alkyl halides is 1. The number of fused-ring (bicyclic) bond motifs is 2. The van der Waals surface area contributed by atoms with E-state index in [-0.39, 0.29) is 17.2 Å². The number of phenolic OH excluding ortho intramolecular Hbond substituents is 1. The lowest BCUT2D eigenvalue weighted by molar-refractivity contribution is -0.0348. The molecule has 2 bridgehead atoms. The molecule has 2 heterocycles. The maximum absolute atomic E-state index is 15.0. The summed E-state index contributed by atoms with van der Waals surface area (Å²) in [6.07, 6.45) is 7.21. The number of allylic oxidation sites excluding steroid dienone is 2. The highest BCUT2D eigenvalue weighted by Crippen LogP contribution is 2.55. The van der Waals surface area contributed by atoms with Crippen LogP contribution in [0.25, 0.3) is 16.9 Å². The monoisotopic (exact) mass is 425 g/mol. The normalized spacial score (nSPS) is 29.3. The van der Waals surface area contributed by atoms with Gasteiger partial charge in [0.05, 0.1) is 24.3 Å². The van der Waals surface area contributed by atoms with Crippen LogP contribution in [0.15, 0.2) is 48.9 Å². The van der Waals surface area contributed by atoms with Gasteiger partial charge in [-0.2, -0.15) is 5.10 Å². The van der Waals surface area contributed by atoms with Gasteiger partial charge in [-0.3, -0.25) is 0 Å². The SMILES string of the molecule is C[C@@]12C=C[C@@](C)(C1)[C@@H](F)[C@@H](Oc1ncc(-c3ccc(-n4cc(F)cn4)cc3O)nn1)C2. The number of aromatic nitrogens is 5. The molecule has 3 aromatic rings. The Bertz CT molecular complexity index is 1160. The van der Waals surface area contributed by atoms with Crippen molar-refractivity contribution in [2.45, 2.75) is 39.0 Å². The van der Waals surface area contributed by atoms with Gasteiger partial charge in [-0.15, -0.1) is 5.10 Å². The van der Waals surface area contributed by atoms with Crippen LogP contribution in [0, 0.1) is 16.6 Å². The van der Waals surface area contributed by atoms with Gasteiger partial charge in [-0.05, 0) is 30.4 Å². The predicted octanol–water partition coefficient (Wildman–Crippen LogP) is 4.03. The van der Waals surface area contributed by atoms with Crippen molar-refractivity contribution < 1.29 is 18.6 Å². The largest absolute Gasteiger partial charge is 0.507 e. The molecule has 2 aliphatic rings. The summed E-state index contributed by atoms with van der Waals surface area (Å²) in [5.41, 5.74) is 0.564. The maximum Gasteiger partial charge on any atom is 0.336 e. The van der Waals surface area contributed by atoms with E-state index in [1.54, 1.807) is 12.1 Å². The van der Waals surface area contributed by atoms with E-state index in [2.05, 4.69) is 33.3 Å². The second-order valence-electron chi connectivity index (χ2n) is 8.86. The maximum atomic E-state index is 15.0. The van der Waals surface area contributed by atoms with Crippen LogP contribution >= 0.6 is 0 Å². The lowest BCUT2D eigenvalue weighted by Crippen LogP contribution is -2.47. The quantitative estimate of drug-likeness (QED) is 0.635. The molecule has 1 aromatic carbocycles. The zero-order valence-electron chi connectivity index (χ0n) is 17.0. The van der Waals surface area contributed by atoms with Gasteiger partial charge < -0.3 is 9.84 Å². The summed E-state index contributed by atoms with van der Waals surface area (Å²) in [6.45, 7) is 4.00. The zero-order chi connectivity index (χ0) is 21.8. The molecule has 1 fully saturated rings. The van der Waals surface area contributed by atoms with Crippen molar-refractivity contribution in [2.24, 2.45) is 10.8 Å². The van der Waals surface area contributed by atoms with Crippen LogP contribution in [0.3, 0.4) is 0 Å². The molecule has 0 spiro atoms. The highest BCUT2D eigenvalue weighted by Gasteiger charge is 2.53. The van der Waals surface area contributed by atoms with Crippen LogP contribution < -0.4 is 4.74 Å². The van der Waals surface area contributed by atoms with Crippen molar-refractivity contribution >= 4 is 0 Å². The van der Waals surface area contributed by atoms with Crippen molar-refractivity contribution in [1.29, 1.82) is 0 Å². The summed E-state index contributed by atoms with van der Waals surface area (Å²) < 4.78 is 35.3. The molecule has 1 N–H and O–H groups in total. The average Bonchev–Trinajstić information content (AvgIpc) is 3.29. The molecule has 0 unspecified atom stereocenters. The molecule has 0 saturated heterocycles. The molecule has 7 nitrogen and oxygen atoms in total. The molecule has 2 aliphatic carbocycles. The summed E-state index contributed by atoms with van der Waals surface area (Å²) in [7, 11) is 0.